The molecule has 0 rings (SSSR count). The Balaban J connectivity index is 3.13. The maximum absolute atomic E-state index is 11.0. The van der Waals surface area contributed by atoms with E-state index in [1.165, 1.54) is 89.7 Å². The first-order valence-electron chi connectivity index (χ1n) is 9.89. The van der Waals surface area contributed by atoms with E-state index in [-0.39, 0.29) is 0 Å². The van der Waals surface area contributed by atoms with E-state index < -0.39 is 9.84 Å². The van der Waals surface area contributed by atoms with Crippen molar-refractivity contribution in [2.24, 2.45) is 0 Å². The lowest BCUT2D eigenvalue weighted by Gasteiger charge is -2.01. The second-order valence-electron chi connectivity index (χ2n) is 6.92. The van der Waals surface area contributed by atoms with Gasteiger partial charge in [0.25, 0.3) is 0 Å². The molecular weight excluding hydrogens is 304 g/mol. The second-order valence-corrected chi connectivity index (χ2v) is 9.18. The molecule has 0 saturated carbocycles. The van der Waals surface area contributed by atoms with Gasteiger partial charge in [-0.1, -0.05) is 83.3 Å². The lowest BCUT2D eigenvalue weighted by Crippen LogP contribution is -2.02. The molecule has 2 nitrogen and oxygen atoms in total. The van der Waals surface area contributed by atoms with E-state index >= 15 is 0 Å². The van der Waals surface area contributed by atoms with Crippen molar-refractivity contribution in [3.63, 3.8) is 0 Å². The Labute approximate surface area is 146 Å². The highest BCUT2D eigenvalue weighted by atomic mass is 32.2. The van der Waals surface area contributed by atoms with Crippen molar-refractivity contribution in [1.29, 1.82) is 0 Å². The van der Waals surface area contributed by atoms with Gasteiger partial charge in [-0.05, 0) is 32.1 Å². The molecule has 0 unspecified atom stereocenters. The van der Waals surface area contributed by atoms with Gasteiger partial charge >= 0.3 is 0 Å². The van der Waals surface area contributed by atoms with Gasteiger partial charge in [0.05, 0.1) is 0 Å². The van der Waals surface area contributed by atoms with Gasteiger partial charge in [0.15, 0.2) is 0 Å². The van der Waals surface area contributed by atoms with Crippen molar-refractivity contribution in [2.45, 2.75) is 103 Å². The monoisotopic (exact) mass is 344 g/mol. The number of allylic oxidation sites excluding steroid dienone is 2. The summed E-state index contributed by atoms with van der Waals surface area (Å²) in [5.74, 6) is 0.358. The quantitative estimate of drug-likeness (QED) is 0.224. The summed E-state index contributed by atoms with van der Waals surface area (Å²) < 4.78 is 22.0. The van der Waals surface area contributed by atoms with Crippen LogP contribution in [0.2, 0.25) is 0 Å². The predicted molar refractivity (Wildman–Crippen MR) is 104 cm³/mol. The molecule has 0 aliphatic carbocycles. The van der Waals surface area contributed by atoms with Crippen molar-refractivity contribution >= 4 is 9.84 Å². The van der Waals surface area contributed by atoms with Crippen LogP contribution in [0, 0.1) is 0 Å². The molecule has 0 radical (unpaired) electrons. The molecule has 0 aromatic heterocycles. The molecule has 0 aromatic rings. The van der Waals surface area contributed by atoms with Gasteiger partial charge in [-0.2, -0.15) is 0 Å². The Kier molecular flexibility index (Phi) is 16.3. The minimum absolute atomic E-state index is 0.358. The maximum atomic E-state index is 11.0. The van der Waals surface area contributed by atoms with E-state index in [1.807, 2.05) is 0 Å². The normalized spacial score (nSPS) is 12.3. The van der Waals surface area contributed by atoms with Crippen molar-refractivity contribution in [2.75, 3.05) is 12.0 Å². The molecule has 0 N–H and O–H groups in total. The summed E-state index contributed by atoms with van der Waals surface area (Å²) in [6.07, 6.45) is 25.1. The van der Waals surface area contributed by atoms with Crippen LogP contribution in [0.1, 0.15) is 103 Å². The molecule has 3 heteroatoms. The highest BCUT2D eigenvalue weighted by Crippen LogP contribution is 2.10. The average Bonchev–Trinajstić information content (AvgIpc) is 2.49. The van der Waals surface area contributed by atoms with Gasteiger partial charge < -0.3 is 0 Å². The molecule has 0 saturated heterocycles. The van der Waals surface area contributed by atoms with Crippen molar-refractivity contribution in [3.8, 4) is 0 Å². The summed E-state index contributed by atoms with van der Waals surface area (Å²) >= 11 is 0. The summed E-state index contributed by atoms with van der Waals surface area (Å²) in [6, 6.07) is 0. The van der Waals surface area contributed by atoms with E-state index in [1.54, 1.807) is 0 Å². The number of sulfone groups is 1. The summed E-state index contributed by atoms with van der Waals surface area (Å²) in [6.45, 7) is 2.27. The fraction of sp³-hybridized carbons (Fsp3) is 0.900. The first kappa shape index (κ1) is 22.7. The van der Waals surface area contributed by atoms with Crippen LogP contribution in [-0.2, 0) is 9.84 Å². The van der Waals surface area contributed by atoms with Crippen LogP contribution in [0.4, 0.5) is 0 Å². The molecule has 0 bridgehead atoms. The topological polar surface area (TPSA) is 34.1 Å². The van der Waals surface area contributed by atoms with Crippen LogP contribution in [0.5, 0.6) is 0 Å². The van der Waals surface area contributed by atoms with Crippen LogP contribution in [0.15, 0.2) is 12.2 Å². The third-order valence-electron chi connectivity index (χ3n) is 4.28. The molecule has 0 aromatic carbocycles. The second kappa shape index (κ2) is 16.5. The van der Waals surface area contributed by atoms with Gasteiger partial charge in [-0.15, -0.1) is 0 Å². The Morgan fingerprint density at radius 3 is 1.43 bits per heavy atom. The zero-order chi connectivity index (χ0) is 17.2. The smallest absolute Gasteiger partial charge is 0.147 e. The van der Waals surface area contributed by atoms with Gasteiger partial charge in [-0.3, -0.25) is 0 Å². The van der Waals surface area contributed by atoms with E-state index in [0.717, 1.165) is 12.8 Å². The van der Waals surface area contributed by atoms with Gasteiger partial charge in [0, 0.05) is 12.0 Å². The SMILES string of the molecule is CCCCCCCC/C=C/CCCCCCCCCS(C)(=O)=O. The lowest BCUT2D eigenvalue weighted by molar-refractivity contribution is 0.578. The van der Waals surface area contributed by atoms with E-state index in [4.69, 9.17) is 0 Å². The first-order chi connectivity index (χ1) is 11.1. The van der Waals surface area contributed by atoms with Gasteiger partial charge in [-0.25, -0.2) is 8.42 Å². The standard InChI is InChI=1S/C20H40O2S/c1-3-4-5-6-7-8-9-10-11-12-13-14-15-16-17-18-19-20-23(2,21)22/h10-11H,3-9,12-20H2,1-2H3/b11-10+. The van der Waals surface area contributed by atoms with Crippen LogP contribution < -0.4 is 0 Å². The predicted octanol–water partition coefficient (Wildman–Crippen LogP) is 6.46. The molecule has 0 aliphatic rings. The molecule has 0 amide bonds. The van der Waals surface area contributed by atoms with Crippen molar-refractivity contribution < 1.29 is 8.42 Å². The van der Waals surface area contributed by atoms with E-state index in [0.29, 0.717) is 5.75 Å². The Hall–Kier alpha value is -0.310. The summed E-state index contributed by atoms with van der Waals surface area (Å²) in [5, 5.41) is 0. The average molecular weight is 345 g/mol. The van der Waals surface area contributed by atoms with Crippen molar-refractivity contribution in [3.05, 3.63) is 12.2 Å². The van der Waals surface area contributed by atoms with Crippen LogP contribution in [0.3, 0.4) is 0 Å². The molecule has 0 heterocycles. The number of hydrogen-bond donors (Lipinski definition) is 0. The first-order valence-corrected chi connectivity index (χ1v) is 11.9. The number of unbranched alkanes of at least 4 members (excludes halogenated alkanes) is 13. The zero-order valence-electron chi connectivity index (χ0n) is 15.7. The fourth-order valence-corrected chi connectivity index (χ4v) is 3.52. The number of rotatable bonds is 17. The third-order valence-corrected chi connectivity index (χ3v) is 5.31. The fourth-order valence-electron chi connectivity index (χ4n) is 2.79. The lowest BCUT2D eigenvalue weighted by atomic mass is 10.1. The molecule has 0 fully saturated rings. The summed E-state index contributed by atoms with van der Waals surface area (Å²) in [7, 11) is -2.75. The Morgan fingerprint density at radius 1 is 0.609 bits per heavy atom. The highest BCUT2D eigenvalue weighted by Gasteiger charge is 2.00. The van der Waals surface area contributed by atoms with E-state index in [2.05, 4.69) is 19.1 Å². The van der Waals surface area contributed by atoms with Gasteiger partial charge in [0.1, 0.15) is 9.84 Å². The minimum atomic E-state index is -2.75. The van der Waals surface area contributed by atoms with E-state index in [9.17, 15) is 8.42 Å². The third kappa shape index (κ3) is 21.7. The van der Waals surface area contributed by atoms with Crippen molar-refractivity contribution in [1.82, 2.24) is 0 Å². The summed E-state index contributed by atoms with van der Waals surface area (Å²) in [5.41, 5.74) is 0. The molecule has 0 aliphatic heterocycles. The van der Waals surface area contributed by atoms with Crippen LogP contribution >= 0.6 is 0 Å². The molecular formula is C20H40O2S. The Bertz CT molecular complexity index is 358. The van der Waals surface area contributed by atoms with Gasteiger partial charge in [0.2, 0.25) is 0 Å². The molecule has 0 spiro atoms. The molecule has 23 heavy (non-hydrogen) atoms. The maximum Gasteiger partial charge on any atom is 0.147 e. The Morgan fingerprint density at radius 2 is 1.00 bits per heavy atom. The summed E-state index contributed by atoms with van der Waals surface area (Å²) in [4.78, 5) is 0. The largest absolute Gasteiger partial charge is 0.229 e. The molecule has 138 valence electrons. The van der Waals surface area contributed by atoms with Crippen LogP contribution in [-0.4, -0.2) is 20.4 Å². The molecule has 0 atom stereocenters. The minimum Gasteiger partial charge on any atom is -0.229 e. The zero-order valence-corrected chi connectivity index (χ0v) is 16.5. The van der Waals surface area contributed by atoms with Crippen LogP contribution in [0.25, 0.3) is 0 Å². The number of hydrogen-bond acceptors (Lipinski definition) is 2. The highest BCUT2D eigenvalue weighted by molar-refractivity contribution is 7.90.